The molecule has 2 aromatic heterocycles. The standard InChI is InChI=1S/C23H17ClFN5O2S/c24-16-9-19(17(25)8-15(16)11-1-2-12-10-33-29-18(12)6-11)26-23(32)30-14-3-4-20(30)22-13(5-14)7-21(31)27-28-22/h1-2,6-10,14,20H,3-5H2,(H,26,32)(H,27,31)/t14-,20+/m0/s1. The Balaban J connectivity index is 1.28. The van der Waals surface area contributed by atoms with Crippen molar-refractivity contribution in [3.63, 3.8) is 0 Å². The molecule has 2 N–H and O–H groups in total. The van der Waals surface area contributed by atoms with Gasteiger partial charge in [-0.05, 0) is 60.1 Å². The van der Waals surface area contributed by atoms with Crippen LogP contribution in [0.25, 0.3) is 22.0 Å². The summed E-state index contributed by atoms with van der Waals surface area (Å²) in [6.07, 6.45) is 2.09. The van der Waals surface area contributed by atoms with Crippen LogP contribution in [0.4, 0.5) is 14.9 Å². The van der Waals surface area contributed by atoms with Crippen LogP contribution in [0.2, 0.25) is 5.02 Å². The van der Waals surface area contributed by atoms with E-state index in [0.29, 0.717) is 22.7 Å². The Morgan fingerprint density at radius 3 is 3.00 bits per heavy atom. The van der Waals surface area contributed by atoms with Crippen LogP contribution in [-0.2, 0) is 6.42 Å². The molecule has 0 aliphatic carbocycles. The number of nitrogens with zero attached hydrogens (tertiary/aromatic N) is 3. The van der Waals surface area contributed by atoms with E-state index in [-0.39, 0.29) is 23.3 Å². The molecule has 2 amide bonds. The lowest BCUT2D eigenvalue weighted by Crippen LogP contribution is -2.45. The Bertz CT molecular complexity index is 1490. The number of urea groups is 1. The number of benzene rings is 2. The van der Waals surface area contributed by atoms with E-state index < -0.39 is 11.8 Å². The van der Waals surface area contributed by atoms with E-state index in [0.717, 1.165) is 34.9 Å². The highest BCUT2D eigenvalue weighted by atomic mass is 35.5. The van der Waals surface area contributed by atoms with Gasteiger partial charge in [0.15, 0.2) is 0 Å². The maximum atomic E-state index is 15.0. The molecule has 2 aliphatic rings. The molecule has 0 unspecified atom stereocenters. The fourth-order valence-corrected chi connectivity index (χ4v) is 5.80. The van der Waals surface area contributed by atoms with E-state index in [9.17, 15) is 9.59 Å². The molecular formula is C23H17ClFN5O2S. The highest BCUT2D eigenvalue weighted by molar-refractivity contribution is 7.04. The molecule has 1 fully saturated rings. The van der Waals surface area contributed by atoms with Gasteiger partial charge in [0.25, 0.3) is 5.56 Å². The van der Waals surface area contributed by atoms with E-state index in [2.05, 4.69) is 19.9 Å². The van der Waals surface area contributed by atoms with Crippen LogP contribution in [0.15, 0.2) is 46.6 Å². The molecule has 33 heavy (non-hydrogen) atoms. The summed E-state index contributed by atoms with van der Waals surface area (Å²) < 4.78 is 19.4. The molecule has 6 rings (SSSR count). The zero-order chi connectivity index (χ0) is 22.7. The van der Waals surface area contributed by atoms with Gasteiger partial charge in [-0.1, -0.05) is 23.7 Å². The Morgan fingerprint density at radius 1 is 1.24 bits per heavy atom. The molecule has 10 heteroatoms. The van der Waals surface area contributed by atoms with Crippen LogP contribution in [0.3, 0.4) is 0 Å². The molecule has 2 bridgehead atoms. The van der Waals surface area contributed by atoms with Crippen molar-refractivity contribution in [2.75, 3.05) is 5.32 Å². The number of aromatic amines is 1. The van der Waals surface area contributed by atoms with E-state index in [4.69, 9.17) is 11.6 Å². The molecule has 4 heterocycles. The minimum atomic E-state index is -0.576. The van der Waals surface area contributed by atoms with Crippen LogP contribution >= 0.6 is 23.1 Å². The van der Waals surface area contributed by atoms with Gasteiger partial charge in [0.2, 0.25) is 0 Å². The third-order valence-electron chi connectivity index (χ3n) is 6.40. The molecule has 166 valence electrons. The molecule has 0 radical (unpaired) electrons. The summed E-state index contributed by atoms with van der Waals surface area (Å²) in [5.41, 5.74) is 3.43. The third-order valence-corrected chi connectivity index (χ3v) is 7.37. The van der Waals surface area contributed by atoms with Crippen molar-refractivity contribution in [2.45, 2.75) is 31.3 Å². The third kappa shape index (κ3) is 3.39. The zero-order valence-corrected chi connectivity index (χ0v) is 18.7. The number of aromatic nitrogens is 3. The van der Waals surface area contributed by atoms with Crippen molar-refractivity contribution in [2.24, 2.45) is 0 Å². The predicted octanol–water partition coefficient (Wildman–Crippen LogP) is 5.13. The molecule has 2 atom stereocenters. The second-order valence-corrected chi connectivity index (χ2v) is 9.37. The molecule has 2 aliphatic heterocycles. The second-order valence-electron chi connectivity index (χ2n) is 8.33. The van der Waals surface area contributed by atoms with Gasteiger partial charge in [-0.2, -0.15) is 9.47 Å². The van der Waals surface area contributed by atoms with Gasteiger partial charge in [-0.25, -0.2) is 14.3 Å². The van der Waals surface area contributed by atoms with E-state index in [1.807, 2.05) is 23.6 Å². The fourth-order valence-electron chi connectivity index (χ4n) is 4.89. The maximum absolute atomic E-state index is 15.0. The number of carbonyl (C=O) groups excluding carboxylic acids is 1. The van der Waals surface area contributed by atoms with Gasteiger partial charge in [0, 0.05) is 28.4 Å². The number of hydrogen-bond donors (Lipinski definition) is 2. The normalized spacial score (nSPS) is 19.0. The van der Waals surface area contributed by atoms with Gasteiger partial charge < -0.3 is 10.2 Å². The van der Waals surface area contributed by atoms with Crippen LogP contribution in [0.1, 0.15) is 30.1 Å². The highest BCUT2D eigenvalue weighted by Gasteiger charge is 2.44. The Hall–Kier alpha value is -3.30. The second kappa shape index (κ2) is 7.64. The maximum Gasteiger partial charge on any atom is 0.322 e. The Morgan fingerprint density at radius 2 is 2.12 bits per heavy atom. The summed E-state index contributed by atoms with van der Waals surface area (Å²) in [6.45, 7) is 0. The number of anilines is 1. The van der Waals surface area contributed by atoms with Crippen molar-refractivity contribution in [1.82, 2.24) is 19.5 Å². The van der Waals surface area contributed by atoms with Crippen molar-refractivity contribution in [3.8, 4) is 11.1 Å². The van der Waals surface area contributed by atoms with E-state index >= 15 is 4.39 Å². The average molecular weight is 482 g/mol. The topological polar surface area (TPSA) is 91.0 Å². The largest absolute Gasteiger partial charge is 0.322 e. The van der Waals surface area contributed by atoms with Gasteiger partial charge in [0.1, 0.15) is 5.82 Å². The number of nitrogens with one attached hydrogen (secondary N) is 2. The highest BCUT2D eigenvalue weighted by Crippen LogP contribution is 2.43. The van der Waals surface area contributed by atoms with E-state index in [1.54, 1.807) is 11.0 Å². The molecule has 0 saturated carbocycles. The molecule has 4 aromatic rings. The van der Waals surface area contributed by atoms with Gasteiger partial charge in [0.05, 0.1) is 28.0 Å². The quantitative estimate of drug-likeness (QED) is 0.415. The summed E-state index contributed by atoms with van der Waals surface area (Å²) in [6, 6.07) is 9.25. The fraction of sp³-hybridized carbons (Fsp3) is 0.217. The minimum Gasteiger partial charge on any atom is -0.313 e. The molecule has 0 spiro atoms. The number of fused-ring (bicyclic) bond motifs is 5. The lowest BCUT2D eigenvalue weighted by molar-refractivity contribution is 0.177. The zero-order valence-electron chi connectivity index (χ0n) is 17.1. The minimum absolute atomic E-state index is 0.0168. The number of amides is 2. The molecular weight excluding hydrogens is 465 g/mol. The van der Waals surface area contributed by atoms with Crippen molar-refractivity contribution in [3.05, 3.63) is 74.2 Å². The summed E-state index contributed by atoms with van der Waals surface area (Å²) >= 11 is 7.85. The number of carbonyl (C=O) groups is 1. The van der Waals surface area contributed by atoms with E-state index in [1.165, 1.54) is 23.7 Å². The first-order valence-corrected chi connectivity index (χ1v) is 11.7. The lowest BCUT2D eigenvalue weighted by atomic mass is 9.99. The molecule has 1 saturated heterocycles. The molecule has 7 nitrogen and oxygen atoms in total. The first kappa shape index (κ1) is 20.3. The number of H-pyrrole nitrogens is 1. The summed E-state index contributed by atoms with van der Waals surface area (Å²) in [4.78, 5) is 26.5. The smallest absolute Gasteiger partial charge is 0.313 e. The van der Waals surface area contributed by atoms with Gasteiger partial charge >= 0.3 is 6.03 Å². The Labute approximate surface area is 196 Å². The van der Waals surface area contributed by atoms with Crippen molar-refractivity contribution >= 4 is 45.8 Å². The average Bonchev–Trinajstić information content (AvgIpc) is 3.39. The van der Waals surface area contributed by atoms with Gasteiger partial charge in [-0.3, -0.25) is 4.79 Å². The van der Waals surface area contributed by atoms with Crippen LogP contribution in [0, 0.1) is 5.82 Å². The van der Waals surface area contributed by atoms with Crippen LogP contribution < -0.4 is 10.9 Å². The van der Waals surface area contributed by atoms with Crippen LogP contribution in [-0.4, -0.2) is 31.5 Å². The number of rotatable bonds is 2. The predicted molar refractivity (Wildman–Crippen MR) is 125 cm³/mol. The Kier molecular flexibility index (Phi) is 4.70. The number of hydrogen-bond acceptors (Lipinski definition) is 5. The summed E-state index contributed by atoms with van der Waals surface area (Å²) in [5, 5.41) is 12.6. The number of halogens is 2. The SMILES string of the molecule is O=C(Nc1cc(Cl)c(-c2ccc3csnc3c2)cc1F)N1[C@H]2CC[C@@H]1c1n[nH]c(=O)cc1C2. The monoisotopic (exact) mass is 481 g/mol. The van der Waals surface area contributed by atoms with Crippen molar-refractivity contribution < 1.29 is 9.18 Å². The van der Waals surface area contributed by atoms with Crippen LogP contribution in [0.5, 0.6) is 0 Å². The lowest BCUT2D eigenvalue weighted by Gasteiger charge is -2.35. The molecule has 2 aromatic carbocycles. The van der Waals surface area contributed by atoms with Gasteiger partial charge in [-0.15, -0.1) is 0 Å². The van der Waals surface area contributed by atoms with Crippen molar-refractivity contribution in [1.29, 1.82) is 0 Å². The summed E-state index contributed by atoms with van der Waals surface area (Å²) in [7, 11) is 0. The summed E-state index contributed by atoms with van der Waals surface area (Å²) in [5.74, 6) is -0.576. The first-order valence-electron chi connectivity index (χ1n) is 10.5. The first-order chi connectivity index (χ1) is 16.0.